The lowest BCUT2D eigenvalue weighted by Gasteiger charge is -2.24. The van der Waals surface area contributed by atoms with Gasteiger partial charge in [-0.3, -0.25) is 4.90 Å². The molecule has 0 saturated heterocycles. The van der Waals surface area contributed by atoms with Crippen LogP contribution in [0.5, 0.6) is 0 Å². The number of esters is 1. The molecule has 0 bridgehead atoms. The maximum atomic E-state index is 12.0. The molecule has 1 aromatic rings. The van der Waals surface area contributed by atoms with Crippen LogP contribution < -0.4 is 0 Å². The number of ether oxygens (including phenoxy) is 2. The fourth-order valence-electron chi connectivity index (χ4n) is 2.14. The molecule has 1 amide bonds. The summed E-state index contributed by atoms with van der Waals surface area (Å²) in [4.78, 5) is 24.8. The van der Waals surface area contributed by atoms with E-state index < -0.39 is 12.1 Å². The first-order chi connectivity index (χ1) is 10.1. The predicted octanol–water partition coefficient (Wildman–Crippen LogP) is 2.73. The molecule has 5 nitrogen and oxygen atoms in total. The second-order valence-electron chi connectivity index (χ2n) is 4.68. The summed E-state index contributed by atoms with van der Waals surface area (Å²) in [6.07, 6.45) is 4.24. The second kappa shape index (κ2) is 6.26. The van der Waals surface area contributed by atoms with Crippen LogP contribution >= 0.6 is 0 Å². The summed E-state index contributed by atoms with van der Waals surface area (Å²) in [5.41, 5.74) is 2.48. The van der Waals surface area contributed by atoms with Gasteiger partial charge in [-0.05, 0) is 12.5 Å². The number of nitrogens with zero attached hydrogens (tertiary/aromatic N) is 1. The normalized spacial score (nSPS) is 17.2. The van der Waals surface area contributed by atoms with E-state index in [1.165, 1.54) is 25.3 Å². The van der Waals surface area contributed by atoms with E-state index in [1.54, 1.807) is 12.3 Å². The van der Waals surface area contributed by atoms with E-state index in [9.17, 15) is 9.59 Å². The van der Waals surface area contributed by atoms with Crippen LogP contribution in [0.4, 0.5) is 4.79 Å². The van der Waals surface area contributed by atoms with Crippen LogP contribution in [0.1, 0.15) is 17.0 Å². The maximum Gasteiger partial charge on any atom is 0.417 e. The molecule has 0 aromatic heterocycles. The van der Waals surface area contributed by atoms with Crippen molar-refractivity contribution in [2.75, 3.05) is 14.2 Å². The molecule has 0 aliphatic carbocycles. The molecular weight excluding hydrogens is 270 g/mol. The van der Waals surface area contributed by atoms with Gasteiger partial charge in [0.15, 0.2) is 0 Å². The Labute approximate surface area is 123 Å². The molecule has 21 heavy (non-hydrogen) atoms. The zero-order chi connectivity index (χ0) is 15.4. The molecule has 1 unspecified atom stereocenters. The first kappa shape index (κ1) is 14.8. The van der Waals surface area contributed by atoms with E-state index in [1.807, 2.05) is 31.2 Å². The first-order valence-corrected chi connectivity index (χ1v) is 6.48. The van der Waals surface area contributed by atoms with Gasteiger partial charge in [0.1, 0.15) is 0 Å². The van der Waals surface area contributed by atoms with Crippen LogP contribution in [0.15, 0.2) is 48.3 Å². The Morgan fingerprint density at radius 3 is 2.33 bits per heavy atom. The van der Waals surface area contributed by atoms with Gasteiger partial charge in [-0.25, -0.2) is 9.59 Å². The van der Waals surface area contributed by atoms with E-state index in [0.717, 1.165) is 11.1 Å². The number of hydrogen-bond acceptors (Lipinski definition) is 4. The number of aryl methyl sites for hydroxylation is 1. The van der Waals surface area contributed by atoms with Crippen molar-refractivity contribution < 1.29 is 19.1 Å². The summed E-state index contributed by atoms with van der Waals surface area (Å²) >= 11 is 0. The average Bonchev–Trinajstić information content (AvgIpc) is 2.53. The molecule has 1 aliphatic rings. The van der Waals surface area contributed by atoms with Crippen molar-refractivity contribution in [2.24, 2.45) is 0 Å². The Hall–Kier alpha value is -2.56. The van der Waals surface area contributed by atoms with E-state index in [4.69, 9.17) is 4.74 Å². The minimum Gasteiger partial charge on any atom is -0.466 e. The maximum absolute atomic E-state index is 12.0. The van der Waals surface area contributed by atoms with Crippen LogP contribution in [0.25, 0.3) is 0 Å². The highest BCUT2D eigenvalue weighted by molar-refractivity contribution is 5.92. The monoisotopic (exact) mass is 287 g/mol. The van der Waals surface area contributed by atoms with Crippen molar-refractivity contribution >= 4 is 12.1 Å². The summed E-state index contributed by atoms with van der Waals surface area (Å²) in [5, 5.41) is 0. The van der Waals surface area contributed by atoms with Crippen LogP contribution in [-0.2, 0) is 14.3 Å². The van der Waals surface area contributed by atoms with Crippen molar-refractivity contribution in [3.63, 3.8) is 0 Å². The van der Waals surface area contributed by atoms with Gasteiger partial charge in [0.05, 0.1) is 19.8 Å². The molecular formula is C16H17NO4. The van der Waals surface area contributed by atoms with Crippen LogP contribution in [-0.4, -0.2) is 31.2 Å². The smallest absolute Gasteiger partial charge is 0.417 e. The highest BCUT2D eigenvalue weighted by atomic mass is 16.5. The van der Waals surface area contributed by atoms with Crippen molar-refractivity contribution in [3.8, 4) is 0 Å². The second-order valence-corrected chi connectivity index (χ2v) is 4.68. The summed E-state index contributed by atoms with van der Waals surface area (Å²) in [7, 11) is 2.60. The molecule has 1 heterocycles. The lowest BCUT2D eigenvalue weighted by atomic mass is 9.89. The van der Waals surface area contributed by atoms with Gasteiger partial charge in [0.2, 0.25) is 0 Å². The summed E-state index contributed by atoms with van der Waals surface area (Å²) in [6, 6.07) is 7.86. The Morgan fingerprint density at radius 1 is 1.10 bits per heavy atom. The van der Waals surface area contributed by atoms with Gasteiger partial charge in [-0.15, -0.1) is 0 Å². The fourth-order valence-corrected chi connectivity index (χ4v) is 2.14. The van der Waals surface area contributed by atoms with Gasteiger partial charge in [-0.2, -0.15) is 0 Å². The van der Waals surface area contributed by atoms with Crippen molar-refractivity contribution in [3.05, 3.63) is 59.4 Å². The number of hydrogen-bond donors (Lipinski definition) is 0. The van der Waals surface area contributed by atoms with Gasteiger partial charge in [0.25, 0.3) is 0 Å². The number of methoxy groups -OCH3 is 2. The Balaban J connectivity index is 2.37. The number of carbonyl (C=O) groups is 2. The zero-order valence-corrected chi connectivity index (χ0v) is 12.2. The van der Waals surface area contributed by atoms with E-state index in [0.29, 0.717) is 5.57 Å². The number of carbonyl (C=O) groups excluding carboxylic acids is 2. The molecule has 0 radical (unpaired) electrons. The van der Waals surface area contributed by atoms with Crippen LogP contribution in [0.2, 0.25) is 0 Å². The third-order valence-electron chi connectivity index (χ3n) is 3.30. The molecule has 1 atom stereocenters. The number of benzene rings is 1. The fraction of sp³-hybridized carbons (Fsp3) is 0.250. The highest BCUT2D eigenvalue weighted by Crippen LogP contribution is 2.30. The van der Waals surface area contributed by atoms with Gasteiger partial charge in [-0.1, -0.05) is 35.9 Å². The summed E-state index contributed by atoms with van der Waals surface area (Å²) in [6.45, 7) is 2.00. The topological polar surface area (TPSA) is 55.8 Å². The molecule has 110 valence electrons. The van der Waals surface area contributed by atoms with Crippen molar-refractivity contribution in [2.45, 2.75) is 12.8 Å². The highest BCUT2D eigenvalue weighted by Gasteiger charge is 2.27. The standard InChI is InChI=1S/C16H17NO4/c1-11-4-6-12(7-5-11)13-8-9-17(16(19)21-3)10-14(13)15(18)20-2/h4-10,13H,1-3H3. The zero-order valence-electron chi connectivity index (χ0n) is 12.2. The molecule has 1 aliphatic heterocycles. The largest absolute Gasteiger partial charge is 0.466 e. The molecule has 0 spiro atoms. The summed E-state index contributed by atoms with van der Waals surface area (Å²) < 4.78 is 9.45. The quantitative estimate of drug-likeness (QED) is 0.785. The van der Waals surface area contributed by atoms with E-state index >= 15 is 0 Å². The minimum absolute atomic E-state index is 0.251. The third-order valence-corrected chi connectivity index (χ3v) is 3.30. The predicted molar refractivity (Wildman–Crippen MR) is 77.4 cm³/mol. The summed E-state index contributed by atoms with van der Waals surface area (Å²) in [5.74, 6) is -0.724. The van der Waals surface area contributed by atoms with Gasteiger partial charge < -0.3 is 9.47 Å². The van der Waals surface area contributed by atoms with Crippen molar-refractivity contribution in [1.29, 1.82) is 0 Å². The van der Waals surface area contributed by atoms with Crippen LogP contribution in [0.3, 0.4) is 0 Å². The molecule has 0 fully saturated rings. The van der Waals surface area contributed by atoms with Gasteiger partial charge in [0, 0.05) is 18.3 Å². The SMILES string of the molecule is COC(=O)C1=CN(C(=O)OC)C=CC1c1ccc(C)cc1. The van der Waals surface area contributed by atoms with Crippen molar-refractivity contribution in [1.82, 2.24) is 4.90 Å². The Kier molecular flexibility index (Phi) is 4.42. The first-order valence-electron chi connectivity index (χ1n) is 6.48. The van der Waals surface area contributed by atoms with Crippen LogP contribution in [0, 0.1) is 6.92 Å². The van der Waals surface area contributed by atoms with E-state index in [2.05, 4.69) is 4.74 Å². The number of amides is 1. The molecule has 0 N–H and O–H groups in total. The van der Waals surface area contributed by atoms with E-state index in [-0.39, 0.29) is 5.92 Å². The minimum atomic E-state index is -0.560. The van der Waals surface area contributed by atoms with Gasteiger partial charge >= 0.3 is 12.1 Å². The Bertz CT molecular complexity index is 601. The lowest BCUT2D eigenvalue weighted by Crippen LogP contribution is -2.26. The number of allylic oxidation sites excluding steroid dienone is 1. The third kappa shape index (κ3) is 3.13. The molecule has 1 aromatic carbocycles. The molecule has 0 saturated carbocycles. The Morgan fingerprint density at radius 2 is 1.76 bits per heavy atom. The molecule has 5 heteroatoms. The average molecular weight is 287 g/mol. The molecule has 2 rings (SSSR count). The number of rotatable bonds is 2. The lowest BCUT2D eigenvalue weighted by molar-refractivity contribution is -0.136.